The van der Waals surface area contributed by atoms with E-state index in [2.05, 4.69) is 14.8 Å². The van der Waals surface area contributed by atoms with Gasteiger partial charge in [0.1, 0.15) is 5.01 Å². The summed E-state index contributed by atoms with van der Waals surface area (Å²) < 4.78 is 28.9. The number of hydrogen-bond donors (Lipinski definition) is 1. The van der Waals surface area contributed by atoms with Crippen molar-refractivity contribution in [2.45, 2.75) is 32.2 Å². The molecule has 0 saturated carbocycles. The number of rotatable bonds is 4. The first-order valence-corrected chi connectivity index (χ1v) is 9.04. The highest BCUT2D eigenvalue weighted by Gasteiger charge is 2.16. The van der Waals surface area contributed by atoms with E-state index in [1.807, 2.05) is 33.0 Å². The largest absolute Gasteiger partial charge is 0.240 e. The molecule has 3 rings (SSSR count). The fourth-order valence-electron chi connectivity index (χ4n) is 2.04. The molecule has 0 saturated heterocycles. The van der Waals surface area contributed by atoms with Gasteiger partial charge in [-0.15, -0.1) is 0 Å². The van der Waals surface area contributed by atoms with Crippen LogP contribution in [0.4, 0.5) is 0 Å². The molecule has 1 aromatic carbocycles. The molecule has 2 heterocycles. The van der Waals surface area contributed by atoms with Crippen LogP contribution in [0.2, 0.25) is 0 Å². The Bertz CT molecular complexity index is 910. The average molecular weight is 336 g/mol. The molecule has 0 radical (unpaired) electrons. The van der Waals surface area contributed by atoms with Gasteiger partial charge in [0, 0.05) is 0 Å². The summed E-state index contributed by atoms with van der Waals surface area (Å²) in [7, 11) is -3.54. The first kappa shape index (κ1) is 15.1. The SMILES string of the molecule is Cc1cn2nc(CNS(=O)(=O)c3ccc(C)c(C)c3)sc2n1. The van der Waals surface area contributed by atoms with E-state index in [1.54, 1.807) is 16.6 Å². The maximum Gasteiger partial charge on any atom is 0.240 e. The summed E-state index contributed by atoms with van der Waals surface area (Å²) in [6.07, 6.45) is 1.81. The molecule has 8 heteroatoms. The molecular weight excluding hydrogens is 320 g/mol. The zero-order valence-electron chi connectivity index (χ0n) is 12.5. The van der Waals surface area contributed by atoms with Crippen LogP contribution < -0.4 is 4.72 Å². The van der Waals surface area contributed by atoms with Crippen molar-refractivity contribution in [3.8, 4) is 0 Å². The standard InChI is InChI=1S/C14H16N4O2S2/c1-9-4-5-12(6-10(9)2)22(19,20)15-7-13-17-18-8-11(3)16-14(18)21-13/h4-6,8,15H,7H2,1-3H3. The first-order valence-electron chi connectivity index (χ1n) is 6.74. The minimum Gasteiger partial charge on any atom is -0.223 e. The predicted octanol–water partition coefficient (Wildman–Crippen LogP) is 2.19. The molecular formula is C14H16N4O2S2. The Morgan fingerprint density at radius 3 is 2.68 bits per heavy atom. The van der Waals surface area contributed by atoms with Gasteiger partial charge in [-0.25, -0.2) is 22.6 Å². The van der Waals surface area contributed by atoms with E-state index >= 15 is 0 Å². The van der Waals surface area contributed by atoms with E-state index in [0.717, 1.165) is 21.8 Å². The van der Waals surface area contributed by atoms with Gasteiger partial charge in [-0.2, -0.15) is 5.10 Å². The minimum atomic E-state index is -3.54. The molecule has 0 atom stereocenters. The van der Waals surface area contributed by atoms with Gasteiger partial charge in [0.05, 0.1) is 23.3 Å². The lowest BCUT2D eigenvalue weighted by Crippen LogP contribution is -2.23. The molecule has 0 amide bonds. The molecule has 22 heavy (non-hydrogen) atoms. The van der Waals surface area contributed by atoms with Gasteiger partial charge >= 0.3 is 0 Å². The number of aromatic nitrogens is 3. The Labute approximate surface area is 132 Å². The predicted molar refractivity (Wildman–Crippen MR) is 85.5 cm³/mol. The first-order chi connectivity index (χ1) is 10.3. The van der Waals surface area contributed by atoms with Crippen LogP contribution in [0.25, 0.3) is 4.96 Å². The molecule has 0 aliphatic heterocycles. The van der Waals surface area contributed by atoms with Crippen LogP contribution in [0.15, 0.2) is 29.3 Å². The van der Waals surface area contributed by atoms with Gasteiger partial charge < -0.3 is 0 Å². The van der Waals surface area contributed by atoms with Gasteiger partial charge in [0.2, 0.25) is 15.0 Å². The van der Waals surface area contributed by atoms with Crippen molar-refractivity contribution in [1.82, 2.24) is 19.3 Å². The quantitative estimate of drug-likeness (QED) is 0.792. The number of imidazole rings is 1. The summed E-state index contributed by atoms with van der Waals surface area (Å²) in [5, 5.41) is 4.98. The number of hydrogen-bond acceptors (Lipinski definition) is 5. The van der Waals surface area contributed by atoms with Crippen LogP contribution in [-0.2, 0) is 16.6 Å². The third-order valence-electron chi connectivity index (χ3n) is 3.41. The molecule has 0 bridgehead atoms. The van der Waals surface area contributed by atoms with Crippen molar-refractivity contribution in [2.24, 2.45) is 0 Å². The molecule has 0 unspecified atom stereocenters. The summed E-state index contributed by atoms with van der Waals surface area (Å²) in [6, 6.07) is 5.10. The zero-order valence-corrected chi connectivity index (χ0v) is 14.1. The lowest BCUT2D eigenvalue weighted by Gasteiger charge is -2.07. The van der Waals surface area contributed by atoms with E-state index in [0.29, 0.717) is 5.01 Å². The summed E-state index contributed by atoms with van der Waals surface area (Å²) in [6.45, 7) is 5.89. The summed E-state index contributed by atoms with van der Waals surface area (Å²) in [4.78, 5) is 5.33. The van der Waals surface area contributed by atoms with E-state index < -0.39 is 10.0 Å². The van der Waals surface area contributed by atoms with Crippen LogP contribution >= 0.6 is 11.3 Å². The molecule has 116 valence electrons. The zero-order chi connectivity index (χ0) is 15.9. The Kier molecular flexibility index (Phi) is 3.75. The Hall–Kier alpha value is -1.77. The summed E-state index contributed by atoms with van der Waals surface area (Å²) in [5.41, 5.74) is 2.91. The second-order valence-electron chi connectivity index (χ2n) is 5.18. The lowest BCUT2D eigenvalue weighted by molar-refractivity contribution is 0.580. The highest BCUT2D eigenvalue weighted by atomic mass is 32.2. The number of fused-ring (bicyclic) bond motifs is 1. The minimum absolute atomic E-state index is 0.155. The molecule has 0 fully saturated rings. The number of nitrogens with one attached hydrogen (secondary N) is 1. The normalized spacial score (nSPS) is 12.1. The van der Waals surface area contributed by atoms with E-state index in [-0.39, 0.29) is 11.4 Å². The fourth-order valence-corrected chi connectivity index (χ4v) is 4.07. The maximum atomic E-state index is 12.3. The van der Waals surface area contributed by atoms with Crippen molar-refractivity contribution in [3.63, 3.8) is 0 Å². The van der Waals surface area contributed by atoms with Gasteiger partial charge in [-0.05, 0) is 44.0 Å². The molecule has 0 spiro atoms. The fraction of sp³-hybridized carbons (Fsp3) is 0.286. The second-order valence-corrected chi connectivity index (χ2v) is 7.98. The number of nitrogens with zero attached hydrogens (tertiary/aromatic N) is 3. The van der Waals surface area contributed by atoms with Crippen molar-refractivity contribution in [3.05, 3.63) is 46.2 Å². The van der Waals surface area contributed by atoms with Crippen LogP contribution in [-0.4, -0.2) is 23.0 Å². The monoisotopic (exact) mass is 336 g/mol. The Balaban J connectivity index is 1.78. The highest BCUT2D eigenvalue weighted by molar-refractivity contribution is 7.89. The smallest absolute Gasteiger partial charge is 0.223 e. The third-order valence-corrected chi connectivity index (χ3v) is 5.73. The number of aryl methyl sites for hydroxylation is 3. The molecule has 6 nitrogen and oxygen atoms in total. The maximum absolute atomic E-state index is 12.3. The average Bonchev–Trinajstić information content (AvgIpc) is 2.96. The van der Waals surface area contributed by atoms with Crippen LogP contribution in [0.3, 0.4) is 0 Å². The highest BCUT2D eigenvalue weighted by Crippen LogP contribution is 2.17. The number of sulfonamides is 1. The van der Waals surface area contributed by atoms with Crippen LogP contribution in [0, 0.1) is 20.8 Å². The van der Waals surface area contributed by atoms with Gasteiger partial charge in [0.15, 0.2) is 0 Å². The van der Waals surface area contributed by atoms with E-state index in [9.17, 15) is 8.42 Å². The second kappa shape index (κ2) is 5.45. The molecule has 3 aromatic rings. The van der Waals surface area contributed by atoms with E-state index in [4.69, 9.17) is 0 Å². The van der Waals surface area contributed by atoms with Crippen LogP contribution in [0.5, 0.6) is 0 Å². The Morgan fingerprint density at radius 1 is 1.23 bits per heavy atom. The third kappa shape index (κ3) is 2.90. The van der Waals surface area contributed by atoms with Crippen LogP contribution in [0.1, 0.15) is 21.8 Å². The summed E-state index contributed by atoms with van der Waals surface area (Å²) in [5.74, 6) is 0. The van der Waals surface area contributed by atoms with Gasteiger partial charge in [-0.1, -0.05) is 17.4 Å². The van der Waals surface area contributed by atoms with Gasteiger partial charge in [-0.3, -0.25) is 0 Å². The van der Waals surface area contributed by atoms with Crippen molar-refractivity contribution in [1.29, 1.82) is 0 Å². The molecule has 0 aliphatic rings. The summed E-state index contributed by atoms with van der Waals surface area (Å²) >= 11 is 1.37. The van der Waals surface area contributed by atoms with E-state index in [1.165, 1.54) is 11.3 Å². The molecule has 2 aromatic heterocycles. The molecule has 0 aliphatic carbocycles. The number of benzene rings is 1. The van der Waals surface area contributed by atoms with Crippen molar-refractivity contribution >= 4 is 26.3 Å². The molecule has 1 N–H and O–H groups in total. The van der Waals surface area contributed by atoms with Gasteiger partial charge in [0.25, 0.3) is 0 Å². The Morgan fingerprint density at radius 2 is 2.00 bits per heavy atom. The van der Waals surface area contributed by atoms with Crippen molar-refractivity contribution < 1.29 is 8.42 Å². The van der Waals surface area contributed by atoms with Crippen molar-refractivity contribution in [2.75, 3.05) is 0 Å². The lowest BCUT2D eigenvalue weighted by atomic mass is 10.1. The topological polar surface area (TPSA) is 76.4 Å².